The Morgan fingerprint density at radius 2 is 1.94 bits per heavy atom. The first-order chi connectivity index (χ1) is 17.0. The van der Waals surface area contributed by atoms with Gasteiger partial charge in [-0.25, -0.2) is 13.8 Å². The van der Waals surface area contributed by atoms with Crippen LogP contribution in [0.15, 0.2) is 61.1 Å². The fourth-order valence-corrected chi connectivity index (χ4v) is 4.41. The number of nitrogens with zero attached hydrogens (tertiary/aromatic N) is 5. The molecule has 10 heteroatoms. The van der Waals surface area contributed by atoms with E-state index in [4.69, 9.17) is 4.74 Å². The van der Waals surface area contributed by atoms with E-state index in [0.29, 0.717) is 34.0 Å². The van der Waals surface area contributed by atoms with Crippen LogP contribution in [0.4, 0.5) is 14.6 Å². The smallest absolute Gasteiger partial charge is 0.280 e. The van der Waals surface area contributed by atoms with Crippen molar-refractivity contribution in [1.29, 1.82) is 0 Å². The van der Waals surface area contributed by atoms with E-state index in [2.05, 4.69) is 25.5 Å². The molecule has 3 aliphatic rings. The van der Waals surface area contributed by atoms with Gasteiger partial charge in [0.15, 0.2) is 5.82 Å². The number of alkyl halides is 2. The summed E-state index contributed by atoms with van der Waals surface area (Å²) in [6, 6.07) is 13.8. The highest BCUT2D eigenvalue weighted by Gasteiger charge is 2.33. The molecule has 0 radical (unpaired) electrons. The van der Waals surface area contributed by atoms with Gasteiger partial charge in [0.1, 0.15) is 23.5 Å². The standard InChI is InChI=1S/C25H20F2N6O2/c26-23(27)20-7-6-15(11-28-20)14-4-5-16-12-35-18-9-17(10-18)33-13-29-32-24(33)21-2-1-3-22(30-21)31-25(34)19(16)8-14/h1-8,11,13,17-18,23H,9-10,12H2,(H,30,31,34)/t17-,18+. The van der Waals surface area contributed by atoms with Gasteiger partial charge < -0.3 is 14.6 Å². The first-order valence-electron chi connectivity index (χ1n) is 11.2. The lowest BCUT2D eigenvalue weighted by atomic mass is 9.88. The Morgan fingerprint density at radius 3 is 2.74 bits per heavy atom. The lowest BCUT2D eigenvalue weighted by Gasteiger charge is -2.36. The highest BCUT2D eigenvalue weighted by molar-refractivity contribution is 6.05. The lowest BCUT2D eigenvalue weighted by molar-refractivity contribution is -0.0355. The molecule has 1 aliphatic carbocycles. The maximum atomic E-state index is 13.3. The molecule has 3 aromatic heterocycles. The summed E-state index contributed by atoms with van der Waals surface area (Å²) in [7, 11) is 0. The molecule has 4 aromatic rings. The molecule has 4 bridgehead atoms. The number of anilines is 1. The lowest BCUT2D eigenvalue weighted by Crippen LogP contribution is -2.33. The van der Waals surface area contributed by atoms with Crippen molar-refractivity contribution in [3.05, 3.63) is 77.9 Å². The van der Waals surface area contributed by atoms with Crippen molar-refractivity contribution in [2.24, 2.45) is 0 Å². The number of rotatable bonds is 2. The minimum Gasteiger partial charge on any atom is -0.373 e. The number of ether oxygens (including phenoxy) is 1. The van der Waals surface area contributed by atoms with E-state index in [1.54, 1.807) is 24.5 Å². The van der Waals surface area contributed by atoms with Crippen LogP contribution in [0, 0.1) is 0 Å². The van der Waals surface area contributed by atoms with Crippen LogP contribution in [-0.2, 0) is 11.3 Å². The topological polar surface area (TPSA) is 94.8 Å². The summed E-state index contributed by atoms with van der Waals surface area (Å²) in [6.07, 6.45) is 2.13. The molecule has 7 rings (SSSR count). The predicted octanol–water partition coefficient (Wildman–Crippen LogP) is 4.83. The molecule has 5 heterocycles. The van der Waals surface area contributed by atoms with Crippen molar-refractivity contribution >= 4 is 11.7 Å². The number of fused-ring (bicyclic) bond motifs is 2. The number of benzene rings is 1. The number of aromatic nitrogens is 5. The van der Waals surface area contributed by atoms with Crippen LogP contribution >= 0.6 is 0 Å². The van der Waals surface area contributed by atoms with Gasteiger partial charge >= 0.3 is 0 Å². The Labute approximate surface area is 199 Å². The summed E-state index contributed by atoms with van der Waals surface area (Å²) in [5, 5.41) is 11.2. The second kappa shape index (κ2) is 8.62. The number of nitrogens with one attached hydrogen (secondary N) is 1. The van der Waals surface area contributed by atoms with Gasteiger partial charge in [-0.1, -0.05) is 24.3 Å². The van der Waals surface area contributed by atoms with Crippen molar-refractivity contribution in [2.75, 3.05) is 5.32 Å². The number of hydrogen-bond acceptors (Lipinski definition) is 6. The number of amides is 1. The molecular weight excluding hydrogens is 454 g/mol. The van der Waals surface area contributed by atoms with Crippen LogP contribution in [0.1, 0.15) is 46.9 Å². The van der Waals surface area contributed by atoms with Gasteiger partial charge in [-0.2, -0.15) is 0 Å². The minimum absolute atomic E-state index is 0.0548. The zero-order valence-corrected chi connectivity index (χ0v) is 18.4. The fraction of sp³-hybridized carbons (Fsp3) is 0.240. The molecule has 8 nitrogen and oxygen atoms in total. The third-order valence-corrected chi connectivity index (χ3v) is 6.43. The number of carbonyl (C=O) groups excluding carboxylic acids is 1. The maximum Gasteiger partial charge on any atom is 0.280 e. The third-order valence-electron chi connectivity index (χ3n) is 6.43. The summed E-state index contributed by atoms with van der Waals surface area (Å²) in [6.45, 7) is 0.269. The van der Waals surface area contributed by atoms with E-state index in [-0.39, 0.29) is 30.4 Å². The van der Waals surface area contributed by atoms with Gasteiger partial charge in [0.05, 0.1) is 12.7 Å². The summed E-state index contributed by atoms with van der Waals surface area (Å²) >= 11 is 0. The first kappa shape index (κ1) is 21.5. The maximum absolute atomic E-state index is 13.3. The second-order valence-electron chi connectivity index (χ2n) is 8.63. The van der Waals surface area contributed by atoms with Crippen molar-refractivity contribution in [2.45, 2.75) is 38.0 Å². The average molecular weight is 474 g/mol. The Kier molecular flexibility index (Phi) is 5.29. The van der Waals surface area contributed by atoms with Crippen LogP contribution in [0.2, 0.25) is 0 Å². The summed E-state index contributed by atoms with van der Waals surface area (Å²) in [5.41, 5.74) is 2.78. The van der Waals surface area contributed by atoms with Crippen LogP contribution < -0.4 is 5.32 Å². The van der Waals surface area contributed by atoms with Crippen molar-refractivity contribution in [3.8, 4) is 22.6 Å². The monoisotopic (exact) mass is 474 g/mol. The molecule has 0 unspecified atom stereocenters. The van der Waals surface area contributed by atoms with E-state index >= 15 is 0 Å². The highest BCUT2D eigenvalue weighted by atomic mass is 19.3. The summed E-state index contributed by atoms with van der Waals surface area (Å²) < 4.78 is 33.9. The Bertz CT molecular complexity index is 1400. The summed E-state index contributed by atoms with van der Waals surface area (Å²) in [5.74, 6) is 0.673. The highest BCUT2D eigenvalue weighted by Crippen LogP contribution is 2.37. The summed E-state index contributed by atoms with van der Waals surface area (Å²) in [4.78, 5) is 21.8. The number of pyridine rings is 2. The van der Waals surface area contributed by atoms with E-state index in [9.17, 15) is 13.6 Å². The Balaban J connectivity index is 1.38. The van der Waals surface area contributed by atoms with Crippen molar-refractivity contribution in [3.63, 3.8) is 0 Å². The molecule has 1 amide bonds. The van der Waals surface area contributed by atoms with E-state index in [0.717, 1.165) is 18.4 Å². The zero-order chi connectivity index (χ0) is 23.9. The van der Waals surface area contributed by atoms with Crippen LogP contribution in [0.25, 0.3) is 22.6 Å². The Hall–Kier alpha value is -4.05. The SMILES string of the molecule is O=C1Nc2cccc(n2)-c2nncn2[C@H]2C[C@H](C2)OCc2ccc(-c3ccc(C(F)F)nc3)cc21. The van der Waals surface area contributed by atoms with Gasteiger partial charge in [0.2, 0.25) is 0 Å². The third kappa shape index (κ3) is 4.06. The molecule has 0 saturated heterocycles. The molecule has 1 fully saturated rings. The van der Waals surface area contributed by atoms with E-state index < -0.39 is 6.43 Å². The molecular formula is C25H20F2N6O2. The molecule has 2 aliphatic heterocycles. The van der Waals surface area contributed by atoms with Crippen molar-refractivity contribution in [1.82, 2.24) is 24.7 Å². The molecule has 1 saturated carbocycles. The number of carbonyl (C=O) groups is 1. The molecule has 35 heavy (non-hydrogen) atoms. The van der Waals surface area contributed by atoms with E-state index in [1.165, 1.54) is 12.3 Å². The second-order valence-corrected chi connectivity index (χ2v) is 8.63. The normalized spacial score (nSPS) is 19.2. The molecule has 0 spiro atoms. The van der Waals surface area contributed by atoms with Gasteiger partial charge in [-0.3, -0.25) is 9.78 Å². The van der Waals surface area contributed by atoms with Crippen molar-refractivity contribution < 1.29 is 18.3 Å². The predicted molar refractivity (Wildman–Crippen MR) is 123 cm³/mol. The first-order valence-corrected chi connectivity index (χ1v) is 11.2. The fourth-order valence-electron chi connectivity index (χ4n) is 4.41. The number of halogens is 2. The zero-order valence-electron chi connectivity index (χ0n) is 18.4. The van der Waals surface area contributed by atoms with Gasteiger partial charge in [0.25, 0.3) is 12.3 Å². The average Bonchev–Trinajstić information content (AvgIpc) is 3.32. The van der Waals surface area contributed by atoms with Crippen LogP contribution in [-0.4, -0.2) is 36.7 Å². The largest absolute Gasteiger partial charge is 0.373 e. The Morgan fingerprint density at radius 1 is 1.09 bits per heavy atom. The number of hydrogen-bond donors (Lipinski definition) is 1. The molecule has 0 atom stereocenters. The minimum atomic E-state index is -2.64. The van der Waals surface area contributed by atoms with Gasteiger partial charge in [-0.05, 0) is 48.2 Å². The molecule has 1 aromatic carbocycles. The van der Waals surface area contributed by atoms with E-state index in [1.807, 2.05) is 28.8 Å². The molecule has 1 N–H and O–H groups in total. The molecule has 176 valence electrons. The van der Waals surface area contributed by atoms with Gasteiger partial charge in [-0.15, -0.1) is 10.2 Å². The van der Waals surface area contributed by atoms with Gasteiger partial charge in [0, 0.05) is 23.4 Å². The van der Waals surface area contributed by atoms with Crippen LogP contribution in [0.5, 0.6) is 0 Å². The van der Waals surface area contributed by atoms with Crippen LogP contribution in [0.3, 0.4) is 0 Å². The quantitative estimate of drug-likeness (QED) is 0.447.